The number of nitrogens with zero attached hydrogens (tertiary/aromatic N) is 1. The molecule has 15 heavy (non-hydrogen) atoms. The highest BCUT2D eigenvalue weighted by atomic mass is 35.5. The predicted molar refractivity (Wildman–Crippen MR) is 64.4 cm³/mol. The average molecular weight is 227 g/mol. The number of anilines is 1. The molecule has 3 nitrogen and oxygen atoms in total. The molecule has 0 saturated carbocycles. The van der Waals surface area contributed by atoms with E-state index in [2.05, 4.69) is 5.16 Å². The van der Waals surface area contributed by atoms with Crippen LogP contribution in [0.2, 0.25) is 5.02 Å². The van der Waals surface area contributed by atoms with Gasteiger partial charge in [0.2, 0.25) is 0 Å². The van der Waals surface area contributed by atoms with Crippen LogP contribution in [0.1, 0.15) is 24.5 Å². The zero-order valence-electron chi connectivity index (χ0n) is 9.17. The number of rotatable bonds is 3. The van der Waals surface area contributed by atoms with Crippen molar-refractivity contribution in [3.63, 3.8) is 0 Å². The smallest absolute Gasteiger partial charge is 0.106 e. The summed E-state index contributed by atoms with van der Waals surface area (Å²) in [6.07, 6.45) is 0.763. The summed E-state index contributed by atoms with van der Waals surface area (Å²) in [7, 11) is 1.52. The van der Waals surface area contributed by atoms with Crippen LogP contribution in [0.15, 0.2) is 17.3 Å². The highest BCUT2D eigenvalue weighted by molar-refractivity contribution is 6.32. The summed E-state index contributed by atoms with van der Waals surface area (Å²) in [5.74, 6) is 0. The Bertz CT molecular complexity index is 388. The van der Waals surface area contributed by atoms with Gasteiger partial charge in [0.15, 0.2) is 0 Å². The second kappa shape index (κ2) is 5.03. The van der Waals surface area contributed by atoms with Gasteiger partial charge in [-0.1, -0.05) is 23.7 Å². The summed E-state index contributed by atoms with van der Waals surface area (Å²) < 4.78 is 0. The predicted octanol–water partition coefficient (Wildman–Crippen LogP) is 2.99. The molecule has 0 aliphatic rings. The van der Waals surface area contributed by atoms with Gasteiger partial charge in [-0.15, -0.1) is 0 Å². The third kappa shape index (κ3) is 2.42. The van der Waals surface area contributed by atoms with E-state index in [1.54, 1.807) is 0 Å². The van der Waals surface area contributed by atoms with Crippen molar-refractivity contribution in [1.82, 2.24) is 0 Å². The molecular formula is C11H15ClN2O. The van der Waals surface area contributed by atoms with Gasteiger partial charge in [-0.25, -0.2) is 0 Å². The number of hydrogen-bond acceptors (Lipinski definition) is 3. The Kier molecular flexibility index (Phi) is 3.97. The van der Waals surface area contributed by atoms with Gasteiger partial charge in [0.05, 0.1) is 5.71 Å². The van der Waals surface area contributed by atoms with E-state index in [1.807, 2.05) is 26.0 Å². The minimum atomic E-state index is 0.667. The molecule has 0 unspecified atom stereocenters. The number of nitrogen functional groups attached to an aromatic ring is 1. The van der Waals surface area contributed by atoms with Crippen LogP contribution in [0.5, 0.6) is 0 Å². The van der Waals surface area contributed by atoms with Gasteiger partial charge < -0.3 is 10.6 Å². The summed E-state index contributed by atoms with van der Waals surface area (Å²) in [6.45, 7) is 3.89. The average Bonchev–Trinajstić information content (AvgIpc) is 2.24. The normalized spacial score (nSPS) is 11.6. The van der Waals surface area contributed by atoms with Crippen molar-refractivity contribution in [1.29, 1.82) is 0 Å². The minimum Gasteiger partial charge on any atom is -0.399 e. The molecule has 0 bridgehead atoms. The van der Waals surface area contributed by atoms with Crippen LogP contribution in [-0.2, 0) is 4.84 Å². The summed E-state index contributed by atoms with van der Waals surface area (Å²) in [6, 6.07) is 3.69. The Balaban J connectivity index is 3.26. The molecule has 0 aliphatic heterocycles. The van der Waals surface area contributed by atoms with Crippen molar-refractivity contribution in [3.8, 4) is 0 Å². The number of benzene rings is 1. The van der Waals surface area contributed by atoms with E-state index in [0.717, 1.165) is 23.3 Å². The van der Waals surface area contributed by atoms with Crippen LogP contribution in [0, 0.1) is 6.92 Å². The van der Waals surface area contributed by atoms with Crippen LogP contribution in [0.25, 0.3) is 0 Å². The first-order valence-corrected chi connectivity index (χ1v) is 5.14. The second-order valence-electron chi connectivity index (χ2n) is 3.21. The van der Waals surface area contributed by atoms with E-state index in [-0.39, 0.29) is 0 Å². The second-order valence-corrected chi connectivity index (χ2v) is 3.61. The Morgan fingerprint density at radius 3 is 2.73 bits per heavy atom. The lowest BCUT2D eigenvalue weighted by molar-refractivity contribution is 0.213. The molecule has 0 amide bonds. The van der Waals surface area contributed by atoms with Gasteiger partial charge in [-0.2, -0.15) is 0 Å². The van der Waals surface area contributed by atoms with Gasteiger partial charge in [0.1, 0.15) is 7.11 Å². The van der Waals surface area contributed by atoms with Crippen LogP contribution in [0.3, 0.4) is 0 Å². The fourth-order valence-electron chi connectivity index (χ4n) is 1.37. The van der Waals surface area contributed by atoms with Crippen LogP contribution in [-0.4, -0.2) is 12.8 Å². The van der Waals surface area contributed by atoms with E-state index < -0.39 is 0 Å². The minimum absolute atomic E-state index is 0.667. The molecular weight excluding hydrogens is 212 g/mol. The van der Waals surface area contributed by atoms with Gasteiger partial charge in [-0.05, 0) is 31.0 Å². The maximum atomic E-state index is 5.97. The maximum absolute atomic E-state index is 5.97. The van der Waals surface area contributed by atoms with E-state index in [4.69, 9.17) is 22.2 Å². The largest absolute Gasteiger partial charge is 0.399 e. The molecule has 4 heteroatoms. The van der Waals surface area contributed by atoms with Gasteiger partial charge >= 0.3 is 0 Å². The van der Waals surface area contributed by atoms with Crippen molar-refractivity contribution in [2.75, 3.05) is 12.8 Å². The third-order valence-electron chi connectivity index (χ3n) is 2.30. The van der Waals surface area contributed by atoms with Crippen molar-refractivity contribution in [2.24, 2.45) is 5.16 Å². The van der Waals surface area contributed by atoms with Crippen molar-refractivity contribution >= 4 is 23.0 Å². The standard InChI is InChI=1S/C11H15ClN2O/c1-4-10(14-15-3)8-5-6-9(12)7(2)11(8)13/h5-6H,4,13H2,1-3H3. The van der Waals surface area contributed by atoms with Gasteiger partial charge in [0, 0.05) is 16.3 Å². The first-order chi connectivity index (χ1) is 7.11. The topological polar surface area (TPSA) is 47.6 Å². The number of oxime groups is 1. The first-order valence-electron chi connectivity index (χ1n) is 4.76. The lowest BCUT2D eigenvalue weighted by atomic mass is 10.0. The molecule has 0 aromatic heterocycles. The number of halogens is 1. The molecule has 82 valence electrons. The van der Waals surface area contributed by atoms with E-state index in [1.165, 1.54) is 7.11 Å². The molecule has 0 saturated heterocycles. The molecule has 0 radical (unpaired) electrons. The lowest BCUT2D eigenvalue weighted by Crippen LogP contribution is -2.06. The summed E-state index contributed by atoms with van der Waals surface area (Å²) in [5.41, 5.74) is 9.24. The summed E-state index contributed by atoms with van der Waals surface area (Å²) in [5, 5.41) is 4.61. The molecule has 1 aromatic carbocycles. The van der Waals surface area contributed by atoms with E-state index in [0.29, 0.717) is 10.7 Å². The van der Waals surface area contributed by atoms with Crippen LogP contribution < -0.4 is 5.73 Å². The molecule has 0 spiro atoms. The Morgan fingerprint density at radius 1 is 1.53 bits per heavy atom. The van der Waals surface area contributed by atoms with Gasteiger partial charge in [0.25, 0.3) is 0 Å². The van der Waals surface area contributed by atoms with Gasteiger partial charge in [-0.3, -0.25) is 0 Å². The quantitative estimate of drug-likeness (QED) is 0.489. The van der Waals surface area contributed by atoms with E-state index >= 15 is 0 Å². The highest BCUT2D eigenvalue weighted by Crippen LogP contribution is 2.25. The molecule has 1 aromatic rings. The van der Waals surface area contributed by atoms with Crippen molar-refractivity contribution in [3.05, 3.63) is 28.3 Å². The Labute approximate surface area is 94.9 Å². The lowest BCUT2D eigenvalue weighted by Gasteiger charge is -2.10. The molecule has 1 rings (SSSR count). The van der Waals surface area contributed by atoms with Crippen LogP contribution in [0.4, 0.5) is 5.69 Å². The fourth-order valence-corrected chi connectivity index (χ4v) is 1.53. The third-order valence-corrected chi connectivity index (χ3v) is 2.71. The molecule has 0 heterocycles. The van der Waals surface area contributed by atoms with Crippen molar-refractivity contribution in [2.45, 2.75) is 20.3 Å². The maximum Gasteiger partial charge on any atom is 0.106 e. The molecule has 2 N–H and O–H groups in total. The molecule has 0 aliphatic carbocycles. The zero-order valence-corrected chi connectivity index (χ0v) is 9.93. The zero-order chi connectivity index (χ0) is 11.4. The van der Waals surface area contributed by atoms with Crippen LogP contribution >= 0.6 is 11.6 Å². The van der Waals surface area contributed by atoms with Crippen molar-refractivity contribution < 1.29 is 4.84 Å². The first kappa shape index (κ1) is 11.9. The number of hydrogen-bond donors (Lipinski definition) is 1. The Morgan fingerprint density at radius 2 is 2.20 bits per heavy atom. The molecule has 0 atom stereocenters. The number of nitrogens with two attached hydrogens (primary N) is 1. The molecule has 0 fully saturated rings. The monoisotopic (exact) mass is 226 g/mol. The highest BCUT2D eigenvalue weighted by Gasteiger charge is 2.10. The SMILES string of the molecule is CCC(=NOC)c1ccc(Cl)c(C)c1N. The fraction of sp³-hybridized carbons (Fsp3) is 0.364. The van der Waals surface area contributed by atoms with E-state index in [9.17, 15) is 0 Å². The summed E-state index contributed by atoms with van der Waals surface area (Å²) >= 11 is 5.96. The summed E-state index contributed by atoms with van der Waals surface area (Å²) in [4.78, 5) is 4.77. The Hall–Kier alpha value is -1.22.